The third kappa shape index (κ3) is 8.16. The maximum atomic E-state index is 13.0. The van der Waals surface area contributed by atoms with Gasteiger partial charge in [0.05, 0.1) is 11.1 Å². The van der Waals surface area contributed by atoms with Gasteiger partial charge in [0.15, 0.2) is 0 Å². The number of carbonyl (C=O) groups excluding carboxylic acids is 2. The SMILES string of the molecule is O=C1NCCCNC(=O)c2ccccc2OCc2ccccc2OC/C=C/COc2ccccc2COc2ccccc21. The summed E-state index contributed by atoms with van der Waals surface area (Å²) in [6, 6.07) is 29.5. The smallest absolute Gasteiger partial charge is 0.255 e. The highest BCUT2D eigenvalue weighted by atomic mass is 16.5. The molecule has 0 atom stereocenters. The van der Waals surface area contributed by atoms with Crippen molar-refractivity contribution in [2.75, 3.05) is 26.3 Å². The Morgan fingerprint density at radius 2 is 0.860 bits per heavy atom. The van der Waals surface area contributed by atoms with E-state index in [1.807, 2.05) is 72.8 Å². The monoisotopic (exact) mass is 578 g/mol. The minimum Gasteiger partial charge on any atom is -0.489 e. The van der Waals surface area contributed by atoms with Crippen LogP contribution in [-0.2, 0) is 13.2 Å². The molecule has 8 heteroatoms. The van der Waals surface area contributed by atoms with Crippen molar-refractivity contribution in [2.24, 2.45) is 0 Å². The summed E-state index contributed by atoms with van der Waals surface area (Å²) in [6.07, 6.45) is 4.34. The van der Waals surface area contributed by atoms with E-state index in [2.05, 4.69) is 10.6 Å². The Hall–Kier alpha value is -5.24. The van der Waals surface area contributed by atoms with Gasteiger partial charge in [0, 0.05) is 24.2 Å². The summed E-state index contributed by atoms with van der Waals surface area (Å²) in [5.74, 6) is 1.85. The minimum absolute atomic E-state index is 0.236. The molecule has 5 rings (SSSR count). The summed E-state index contributed by atoms with van der Waals surface area (Å²) in [5.41, 5.74) is 2.59. The van der Waals surface area contributed by atoms with Crippen molar-refractivity contribution in [2.45, 2.75) is 19.6 Å². The van der Waals surface area contributed by atoms with Crippen molar-refractivity contribution in [3.8, 4) is 23.0 Å². The number of ether oxygens (including phenoxy) is 4. The molecule has 0 aliphatic carbocycles. The van der Waals surface area contributed by atoms with E-state index in [1.54, 1.807) is 36.4 Å². The van der Waals surface area contributed by atoms with Gasteiger partial charge in [-0.25, -0.2) is 0 Å². The van der Waals surface area contributed by atoms with E-state index >= 15 is 0 Å². The zero-order chi connectivity index (χ0) is 29.7. The third-order valence-corrected chi connectivity index (χ3v) is 6.74. The Kier molecular flexibility index (Phi) is 10.3. The summed E-state index contributed by atoms with van der Waals surface area (Å²) < 4.78 is 24.1. The van der Waals surface area contributed by atoms with Gasteiger partial charge in [0.1, 0.15) is 49.4 Å². The van der Waals surface area contributed by atoms with Gasteiger partial charge in [0.2, 0.25) is 0 Å². The van der Waals surface area contributed by atoms with Gasteiger partial charge in [0.25, 0.3) is 11.8 Å². The van der Waals surface area contributed by atoms with Crippen LogP contribution < -0.4 is 29.6 Å². The fourth-order valence-corrected chi connectivity index (χ4v) is 4.49. The van der Waals surface area contributed by atoms with E-state index in [0.717, 1.165) is 11.1 Å². The standard InChI is InChI=1S/C35H34N2O6/c38-34-28-14-3-7-18-32(28)42-24-26-12-1-5-16-30(26)40-22-9-10-23-41-31-17-6-2-13-27(31)25-43-33-19-8-4-15-29(33)35(39)37-21-11-20-36-34/h1-10,12-19H,11,20-25H2,(H,36,38)(H,37,39)/b10-9+. The van der Waals surface area contributed by atoms with Crippen LogP contribution in [0, 0.1) is 0 Å². The number of para-hydroxylation sites is 4. The van der Waals surface area contributed by atoms with Crippen LogP contribution in [0.4, 0.5) is 0 Å². The zero-order valence-electron chi connectivity index (χ0n) is 23.8. The molecule has 0 saturated heterocycles. The maximum Gasteiger partial charge on any atom is 0.255 e. The van der Waals surface area contributed by atoms with E-state index in [4.69, 9.17) is 18.9 Å². The normalized spacial score (nSPS) is 15.7. The fraction of sp³-hybridized carbons (Fsp3) is 0.200. The lowest BCUT2D eigenvalue weighted by Crippen LogP contribution is -2.30. The Morgan fingerprint density at radius 1 is 0.465 bits per heavy atom. The molecule has 4 aromatic rings. The van der Waals surface area contributed by atoms with E-state index < -0.39 is 0 Å². The molecule has 43 heavy (non-hydrogen) atoms. The van der Waals surface area contributed by atoms with E-state index in [-0.39, 0.29) is 25.0 Å². The molecule has 2 amide bonds. The highest BCUT2D eigenvalue weighted by Gasteiger charge is 2.15. The molecule has 1 aliphatic heterocycles. The summed E-state index contributed by atoms with van der Waals surface area (Å²) in [5, 5.41) is 5.84. The molecule has 0 spiro atoms. The Labute approximate surface area is 251 Å². The quantitative estimate of drug-likeness (QED) is 0.259. The van der Waals surface area contributed by atoms with Gasteiger partial charge in [-0.05, 0) is 55.0 Å². The number of amides is 2. The van der Waals surface area contributed by atoms with Crippen LogP contribution in [0.2, 0.25) is 0 Å². The summed E-state index contributed by atoms with van der Waals surface area (Å²) in [4.78, 5) is 25.9. The van der Waals surface area contributed by atoms with Gasteiger partial charge >= 0.3 is 0 Å². The fourth-order valence-electron chi connectivity index (χ4n) is 4.49. The second-order valence-corrected chi connectivity index (χ2v) is 9.74. The highest BCUT2D eigenvalue weighted by Crippen LogP contribution is 2.25. The Balaban J connectivity index is 1.33. The van der Waals surface area contributed by atoms with Gasteiger partial charge in [-0.2, -0.15) is 0 Å². The number of rotatable bonds is 0. The van der Waals surface area contributed by atoms with Crippen LogP contribution in [0.5, 0.6) is 23.0 Å². The number of hydrogen-bond acceptors (Lipinski definition) is 6. The average molecular weight is 579 g/mol. The first-order valence-electron chi connectivity index (χ1n) is 14.3. The van der Waals surface area contributed by atoms with Crippen LogP contribution in [0.1, 0.15) is 38.3 Å². The maximum absolute atomic E-state index is 13.0. The number of carbonyl (C=O) groups is 2. The van der Waals surface area contributed by atoms with E-state index in [1.165, 1.54) is 0 Å². The van der Waals surface area contributed by atoms with Crippen LogP contribution in [0.25, 0.3) is 0 Å². The van der Waals surface area contributed by atoms with Gasteiger partial charge in [-0.3, -0.25) is 9.59 Å². The number of nitrogens with one attached hydrogen (secondary N) is 2. The predicted molar refractivity (Wildman–Crippen MR) is 164 cm³/mol. The van der Waals surface area contributed by atoms with Crippen LogP contribution >= 0.6 is 0 Å². The van der Waals surface area contributed by atoms with E-state index in [0.29, 0.717) is 66.8 Å². The summed E-state index contributed by atoms with van der Waals surface area (Å²) in [7, 11) is 0. The Bertz CT molecular complexity index is 1450. The molecule has 220 valence electrons. The lowest BCUT2D eigenvalue weighted by molar-refractivity contribution is 0.0947. The van der Waals surface area contributed by atoms with Crippen molar-refractivity contribution in [1.29, 1.82) is 0 Å². The van der Waals surface area contributed by atoms with Gasteiger partial charge in [-0.15, -0.1) is 0 Å². The molecule has 0 fully saturated rings. The lowest BCUT2D eigenvalue weighted by Gasteiger charge is -2.14. The van der Waals surface area contributed by atoms with Crippen LogP contribution in [-0.4, -0.2) is 38.1 Å². The molecule has 8 nitrogen and oxygen atoms in total. The molecule has 0 saturated carbocycles. The molecular weight excluding hydrogens is 544 g/mol. The second-order valence-electron chi connectivity index (χ2n) is 9.74. The first-order valence-corrected chi connectivity index (χ1v) is 14.3. The molecule has 1 heterocycles. The largest absolute Gasteiger partial charge is 0.489 e. The van der Waals surface area contributed by atoms with Crippen LogP contribution in [0.3, 0.4) is 0 Å². The average Bonchev–Trinajstić information content (AvgIpc) is 3.04. The van der Waals surface area contributed by atoms with Gasteiger partial charge < -0.3 is 29.6 Å². The van der Waals surface area contributed by atoms with Crippen molar-refractivity contribution in [1.82, 2.24) is 10.6 Å². The second kappa shape index (κ2) is 15.1. The molecule has 0 unspecified atom stereocenters. The topological polar surface area (TPSA) is 95.1 Å². The number of benzene rings is 4. The van der Waals surface area contributed by atoms with E-state index in [9.17, 15) is 9.59 Å². The van der Waals surface area contributed by atoms with Crippen molar-refractivity contribution < 1.29 is 28.5 Å². The molecule has 0 radical (unpaired) electrons. The Morgan fingerprint density at radius 3 is 1.33 bits per heavy atom. The van der Waals surface area contributed by atoms with Crippen molar-refractivity contribution >= 4 is 11.8 Å². The molecule has 0 aromatic heterocycles. The first kappa shape index (κ1) is 29.3. The van der Waals surface area contributed by atoms with Crippen molar-refractivity contribution in [3.63, 3.8) is 0 Å². The first-order chi connectivity index (χ1) is 21.2. The minimum atomic E-state index is -0.247. The molecule has 4 aromatic carbocycles. The molecule has 2 N–H and O–H groups in total. The molecular formula is C35H34N2O6. The summed E-state index contributed by atoms with van der Waals surface area (Å²) in [6.45, 7) is 1.93. The zero-order valence-corrected chi connectivity index (χ0v) is 23.8. The summed E-state index contributed by atoms with van der Waals surface area (Å²) >= 11 is 0. The molecule has 1 aliphatic rings. The molecule has 0 bridgehead atoms. The van der Waals surface area contributed by atoms with Crippen LogP contribution in [0.15, 0.2) is 109 Å². The lowest BCUT2D eigenvalue weighted by atomic mass is 10.1. The predicted octanol–water partition coefficient (Wildman–Crippen LogP) is 5.72. The highest BCUT2D eigenvalue weighted by molar-refractivity contribution is 5.97. The van der Waals surface area contributed by atoms with Crippen molar-refractivity contribution in [3.05, 3.63) is 131 Å². The number of hydrogen-bond donors (Lipinski definition) is 2. The van der Waals surface area contributed by atoms with Gasteiger partial charge in [-0.1, -0.05) is 60.7 Å². The number of fused-ring (bicyclic) bond motifs is 4. The third-order valence-electron chi connectivity index (χ3n) is 6.74.